The summed E-state index contributed by atoms with van der Waals surface area (Å²) in [6.45, 7) is 0. The summed E-state index contributed by atoms with van der Waals surface area (Å²) in [4.78, 5) is 12.2. The number of benzene rings is 2. The van der Waals surface area contributed by atoms with Crippen molar-refractivity contribution in [2.75, 3.05) is 14.2 Å². The van der Waals surface area contributed by atoms with E-state index in [9.17, 15) is 9.90 Å². The second-order valence-electron chi connectivity index (χ2n) is 5.20. The Labute approximate surface area is 138 Å². The zero-order valence-corrected chi connectivity index (χ0v) is 13.4. The first-order valence-corrected chi connectivity index (χ1v) is 7.36. The molecule has 5 heteroatoms. The van der Waals surface area contributed by atoms with Crippen LogP contribution >= 0.6 is 11.6 Å². The van der Waals surface area contributed by atoms with E-state index < -0.39 is 5.60 Å². The van der Waals surface area contributed by atoms with Gasteiger partial charge in [0.2, 0.25) is 5.78 Å². The van der Waals surface area contributed by atoms with Crippen LogP contribution in [0.25, 0.3) is 0 Å². The highest BCUT2D eigenvalue weighted by molar-refractivity contribution is 6.45. The van der Waals surface area contributed by atoms with E-state index >= 15 is 0 Å². The molecule has 0 saturated heterocycles. The molecule has 0 spiro atoms. The maximum Gasteiger partial charge on any atom is 0.204 e. The third-order valence-corrected chi connectivity index (χ3v) is 4.23. The lowest BCUT2D eigenvalue weighted by Crippen LogP contribution is -2.32. The SMILES string of the molecule is COc1ccc(OC)c(C2(O)C=C(Cl)C(=O)c3ccccc32)c1. The summed E-state index contributed by atoms with van der Waals surface area (Å²) in [5.41, 5.74) is -0.299. The van der Waals surface area contributed by atoms with Gasteiger partial charge in [-0.1, -0.05) is 35.9 Å². The average Bonchev–Trinajstić information content (AvgIpc) is 2.59. The molecular weight excluding hydrogens is 316 g/mol. The molecule has 118 valence electrons. The number of ether oxygens (including phenoxy) is 2. The van der Waals surface area contributed by atoms with Crippen molar-refractivity contribution in [2.24, 2.45) is 0 Å². The lowest BCUT2D eigenvalue weighted by Gasteiger charge is -2.32. The Morgan fingerprint density at radius 2 is 1.78 bits per heavy atom. The number of Topliss-reactive ketones (excluding diaryl/α,β-unsaturated/α-hetero) is 1. The van der Waals surface area contributed by atoms with Gasteiger partial charge in [-0.05, 0) is 24.3 Å². The van der Waals surface area contributed by atoms with Crippen molar-refractivity contribution in [2.45, 2.75) is 5.60 Å². The first-order chi connectivity index (χ1) is 11.0. The van der Waals surface area contributed by atoms with Gasteiger partial charge >= 0.3 is 0 Å². The van der Waals surface area contributed by atoms with E-state index in [-0.39, 0.29) is 10.8 Å². The van der Waals surface area contributed by atoms with E-state index in [1.54, 1.807) is 42.5 Å². The molecule has 0 fully saturated rings. The minimum atomic E-state index is -1.58. The Balaban J connectivity index is 2.32. The molecule has 1 N–H and O–H groups in total. The lowest BCUT2D eigenvalue weighted by atomic mass is 9.78. The van der Waals surface area contributed by atoms with Gasteiger partial charge in [-0.3, -0.25) is 4.79 Å². The predicted octanol–water partition coefficient (Wildman–Crippen LogP) is 3.26. The summed E-state index contributed by atoms with van der Waals surface area (Å²) < 4.78 is 10.6. The molecule has 23 heavy (non-hydrogen) atoms. The molecule has 1 unspecified atom stereocenters. The molecule has 0 amide bonds. The summed E-state index contributed by atoms with van der Waals surface area (Å²) in [6, 6.07) is 11.9. The quantitative estimate of drug-likeness (QED) is 0.938. The number of allylic oxidation sites excluding steroid dienone is 1. The molecular formula is C18H15ClO4. The highest BCUT2D eigenvalue weighted by Gasteiger charge is 2.40. The number of hydrogen-bond acceptors (Lipinski definition) is 4. The third kappa shape index (κ3) is 2.40. The van der Waals surface area contributed by atoms with Gasteiger partial charge in [0.1, 0.15) is 17.1 Å². The van der Waals surface area contributed by atoms with Crippen molar-refractivity contribution < 1.29 is 19.4 Å². The second-order valence-corrected chi connectivity index (χ2v) is 5.61. The van der Waals surface area contributed by atoms with E-state index in [0.717, 1.165) is 0 Å². The van der Waals surface area contributed by atoms with Crippen LogP contribution in [0.2, 0.25) is 0 Å². The lowest BCUT2D eigenvalue weighted by molar-refractivity contribution is 0.0976. The summed E-state index contributed by atoms with van der Waals surface area (Å²) in [5, 5.41) is 11.3. The van der Waals surface area contributed by atoms with Crippen LogP contribution in [0.4, 0.5) is 0 Å². The maximum atomic E-state index is 12.2. The van der Waals surface area contributed by atoms with Crippen LogP contribution in [-0.2, 0) is 5.60 Å². The molecule has 1 aliphatic rings. The van der Waals surface area contributed by atoms with Crippen LogP contribution in [0.15, 0.2) is 53.6 Å². The van der Waals surface area contributed by atoms with E-state index in [4.69, 9.17) is 21.1 Å². The number of carbonyl (C=O) groups excluding carboxylic acids is 1. The van der Waals surface area contributed by atoms with Gasteiger partial charge in [-0.2, -0.15) is 0 Å². The van der Waals surface area contributed by atoms with Gasteiger partial charge in [-0.15, -0.1) is 0 Å². The zero-order valence-electron chi connectivity index (χ0n) is 12.7. The molecule has 3 rings (SSSR count). The van der Waals surface area contributed by atoms with Gasteiger partial charge in [0.15, 0.2) is 0 Å². The fourth-order valence-electron chi connectivity index (χ4n) is 2.80. The van der Waals surface area contributed by atoms with Gasteiger partial charge in [0.25, 0.3) is 0 Å². The standard InChI is InChI=1S/C18H15ClO4/c1-22-11-7-8-16(23-2)14(9-11)18(21)10-15(19)17(20)12-5-3-4-6-13(12)18/h3-10,21H,1-2H3. The number of rotatable bonds is 3. The molecule has 1 atom stereocenters. The minimum absolute atomic E-state index is 0.0314. The molecule has 0 bridgehead atoms. The number of methoxy groups -OCH3 is 2. The van der Waals surface area contributed by atoms with E-state index in [0.29, 0.717) is 28.2 Å². The van der Waals surface area contributed by atoms with E-state index in [1.807, 2.05) is 0 Å². The fraction of sp³-hybridized carbons (Fsp3) is 0.167. The van der Waals surface area contributed by atoms with Crippen molar-refractivity contribution in [3.63, 3.8) is 0 Å². The van der Waals surface area contributed by atoms with Gasteiger partial charge < -0.3 is 14.6 Å². The molecule has 0 radical (unpaired) electrons. The summed E-state index contributed by atoms with van der Waals surface area (Å²) in [5.74, 6) is 0.722. The summed E-state index contributed by atoms with van der Waals surface area (Å²) >= 11 is 6.08. The Morgan fingerprint density at radius 3 is 2.48 bits per heavy atom. The Bertz CT molecular complexity index is 812. The monoisotopic (exact) mass is 330 g/mol. The molecule has 0 aliphatic heterocycles. The van der Waals surface area contributed by atoms with Crippen LogP contribution in [0.1, 0.15) is 21.5 Å². The number of hydrogen-bond donors (Lipinski definition) is 1. The number of halogens is 1. The van der Waals surface area contributed by atoms with Crippen LogP contribution in [0.3, 0.4) is 0 Å². The van der Waals surface area contributed by atoms with Gasteiger partial charge in [-0.25, -0.2) is 0 Å². The van der Waals surface area contributed by atoms with Gasteiger partial charge in [0, 0.05) is 16.7 Å². The Hall–Kier alpha value is -2.30. The van der Waals surface area contributed by atoms with Crippen molar-refractivity contribution in [3.05, 3.63) is 70.3 Å². The first-order valence-electron chi connectivity index (χ1n) is 6.98. The van der Waals surface area contributed by atoms with Gasteiger partial charge in [0.05, 0.1) is 19.3 Å². The normalized spacial score (nSPS) is 19.8. The molecule has 0 heterocycles. The van der Waals surface area contributed by atoms with Crippen LogP contribution in [0.5, 0.6) is 11.5 Å². The number of carbonyl (C=O) groups is 1. The Kier molecular flexibility index (Phi) is 3.88. The summed E-state index contributed by atoms with van der Waals surface area (Å²) in [7, 11) is 3.05. The zero-order chi connectivity index (χ0) is 16.6. The van der Waals surface area contributed by atoms with Crippen molar-refractivity contribution in [3.8, 4) is 11.5 Å². The van der Waals surface area contributed by atoms with E-state index in [2.05, 4.69) is 0 Å². The highest BCUT2D eigenvalue weighted by Crippen LogP contribution is 2.44. The highest BCUT2D eigenvalue weighted by atomic mass is 35.5. The second kappa shape index (κ2) is 5.72. The van der Waals surface area contributed by atoms with Crippen LogP contribution in [-0.4, -0.2) is 25.1 Å². The van der Waals surface area contributed by atoms with Crippen LogP contribution < -0.4 is 9.47 Å². The number of ketones is 1. The molecule has 2 aromatic rings. The largest absolute Gasteiger partial charge is 0.497 e. The molecule has 0 saturated carbocycles. The van der Waals surface area contributed by atoms with Crippen molar-refractivity contribution in [1.82, 2.24) is 0 Å². The molecule has 1 aliphatic carbocycles. The maximum absolute atomic E-state index is 12.2. The number of aliphatic hydroxyl groups is 1. The van der Waals surface area contributed by atoms with Crippen molar-refractivity contribution >= 4 is 17.4 Å². The topological polar surface area (TPSA) is 55.8 Å². The fourth-order valence-corrected chi connectivity index (χ4v) is 3.06. The molecule has 0 aromatic heterocycles. The first kappa shape index (κ1) is 15.6. The van der Waals surface area contributed by atoms with Crippen LogP contribution in [0, 0.1) is 0 Å². The summed E-state index contributed by atoms with van der Waals surface area (Å²) in [6.07, 6.45) is 1.34. The number of fused-ring (bicyclic) bond motifs is 1. The minimum Gasteiger partial charge on any atom is -0.497 e. The molecule has 4 nitrogen and oxygen atoms in total. The third-order valence-electron chi connectivity index (χ3n) is 3.95. The van der Waals surface area contributed by atoms with Crippen molar-refractivity contribution in [1.29, 1.82) is 0 Å². The molecule has 2 aromatic carbocycles. The van der Waals surface area contributed by atoms with E-state index in [1.165, 1.54) is 20.3 Å². The average molecular weight is 331 g/mol. The predicted molar refractivity (Wildman–Crippen MR) is 87.3 cm³/mol. The Morgan fingerprint density at radius 1 is 1.04 bits per heavy atom. The smallest absolute Gasteiger partial charge is 0.204 e.